The van der Waals surface area contributed by atoms with Crippen LogP contribution in [0.25, 0.3) is 0 Å². The van der Waals surface area contributed by atoms with Crippen molar-refractivity contribution in [2.45, 2.75) is 32.2 Å². The van der Waals surface area contributed by atoms with Crippen LogP contribution in [-0.4, -0.2) is 32.3 Å². The monoisotopic (exact) mass is 186 g/mol. The maximum absolute atomic E-state index is 5.48. The highest BCUT2D eigenvalue weighted by Crippen LogP contribution is 2.13. The van der Waals surface area contributed by atoms with Gasteiger partial charge in [-0.05, 0) is 45.2 Å². The first kappa shape index (κ1) is 11.0. The highest BCUT2D eigenvalue weighted by Gasteiger charge is 2.13. The summed E-state index contributed by atoms with van der Waals surface area (Å²) in [5, 5.41) is 3.52. The van der Waals surface area contributed by atoms with Gasteiger partial charge in [0.1, 0.15) is 0 Å². The van der Waals surface area contributed by atoms with Crippen LogP contribution in [0.15, 0.2) is 0 Å². The van der Waals surface area contributed by atoms with Gasteiger partial charge in [0, 0.05) is 19.3 Å². The molecule has 13 heavy (non-hydrogen) atoms. The fraction of sp³-hybridized carbons (Fsp3) is 1.00. The predicted octanol–water partition coefficient (Wildman–Crippen LogP) is 0.740. The van der Waals surface area contributed by atoms with E-state index in [2.05, 4.69) is 12.2 Å². The Bertz CT molecular complexity index is 124. The molecular formula is C10H22N2O. The van der Waals surface area contributed by atoms with Crippen LogP contribution in [-0.2, 0) is 4.74 Å². The van der Waals surface area contributed by atoms with Gasteiger partial charge < -0.3 is 15.8 Å². The number of hydrogen-bond donors (Lipinski definition) is 2. The molecule has 1 fully saturated rings. The number of nitrogens with two attached hydrogens (primary N) is 1. The summed E-state index contributed by atoms with van der Waals surface area (Å²) in [5.41, 5.74) is 5.48. The summed E-state index contributed by atoms with van der Waals surface area (Å²) in [7, 11) is 0. The molecule has 1 saturated heterocycles. The van der Waals surface area contributed by atoms with E-state index >= 15 is 0 Å². The van der Waals surface area contributed by atoms with Gasteiger partial charge in [0.2, 0.25) is 0 Å². The lowest BCUT2D eigenvalue weighted by Gasteiger charge is -2.24. The van der Waals surface area contributed by atoms with Gasteiger partial charge in [0.15, 0.2) is 0 Å². The van der Waals surface area contributed by atoms with Gasteiger partial charge in [-0.1, -0.05) is 0 Å². The van der Waals surface area contributed by atoms with Gasteiger partial charge in [0.25, 0.3) is 0 Å². The Morgan fingerprint density at radius 3 is 2.77 bits per heavy atom. The van der Waals surface area contributed by atoms with Crippen LogP contribution in [0.2, 0.25) is 0 Å². The summed E-state index contributed by atoms with van der Waals surface area (Å²) in [5.74, 6) is 0.814. The summed E-state index contributed by atoms with van der Waals surface area (Å²) in [6, 6.07) is 0.563. The van der Waals surface area contributed by atoms with E-state index in [1.165, 1.54) is 12.8 Å². The molecule has 3 N–H and O–H groups in total. The standard InChI is InChI=1S/C10H22N2O/c1-9(2-5-11)12-8-10-3-6-13-7-4-10/h9-10,12H,2-8,11H2,1H3. The van der Waals surface area contributed by atoms with E-state index in [1.54, 1.807) is 0 Å². The lowest BCUT2D eigenvalue weighted by Crippen LogP contribution is -2.34. The smallest absolute Gasteiger partial charge is 0.0469 e. The minimum Gasteiger partial charge on any atom is -0.381 e. The Morgan fingerprint density at radius 1 is 1.46 bits per heavy atom. The second-order valence-corrected chi connectivity index (χ2v) is 3.94. The molecule has 0 amide bonds. The quantitative estimate of drug-likeness (QED) is 0.666. The third-order valence-electron chi connectivity index (χ3n) is 2.70. The third-order valence-corrected chi connectivity index (χ3v) is 2.70. The molecule has 78 valence electrons. The molecule has 3 nitrogen and oxygen atoms in total. The lowest BCUT2D eigenvalue weighted by atomic mass is 10.00. The average molecular weight is 186 g/mol. The van der Waals surface area contributed by atoms with Crippen LogP contribution in [0.5, 0.6) is 0 Å². The van der Waals surface area contributed by atoms with Gasteiger partial charge in [-0.3, -0.25) is 0 Å². The second kappa shape index (κ2) is 6.35. The number of nitrogens with one attached hydrogen (secondary N) is 1. The minimum atomic E-state index is 0.563. The third kappa shape index (κ3) is 4.60. The van der Waals surface area contributed by atoms with Crippen LogP contribution in [0.3, 0.4) is 0 Å². The first-order valence-electron chi connectivity index (χ1n) is 5.34. The molecule has 0 aromatic carbocycles. The number of hydrogen-bond acceptors (Lipinski definition) is 3. The van der Waals surface area contributed by atoms with Crippen LogP contribution in [0.4, 0.5) is 0 Å². The van der Waals surface area contributed by atoms with Crippen molar-refractivity contribution in [3.05, 3.63) is 0 Å². The fourth-order valence-corrected chi connectivity index (χ4v) is 1.67. The van der Waals surface area contributed by atoms with E-state index in [0.717, 1.165) is 38.6 Å². The SMILES string of the molecule is CC(CCN)NCC1CCOCC1. The van der Waals surface area contributed by atoms with Crippen molar-refractivity contribution in [2.24, 2.45) is 11.7 Å². The van der Waals surface area contributed by atoms with Crippen LogP contribution in [0, 0.1) is 5.92 Å². The molecule has 1 aliphatic rings. The predicted molar refractivity (Wildman–Crippen MR) is 54.7 cm³/mol. The summed E-state index contributed by atoms with van der Waals surface area (Å²) in [6.07, 6.45) is 3.49. The average Bonchev–Trinajstić information content (AvgIpc) is 2.17. The maximum Gasteiger partial charge on any atom is 0.0469 e. The Balaban J connectivity index is 2.03. The van der Waals surface area contributed by atoms with Crippen LogP contribution in [0.1, 0.15) is 26.2 Å². The molecule has 1 atom stereocenters. The molecule has 3 heteroatoms. The summed E-state index contributed by atoms with van der Waals surface area (Å²) >= 11 is 0. The molecule has 1 unspecified atom stereocenters. The van der Waals surface area contributed by atoms with Gasteiger partial charge >= 0.3 is 0 Å². The molecular weight excluding hydrogens is 164 g/mol. The van der Waals surface area contributed by atoms with E-state index in [1.807, 2.05) is 0 Å². The molecule has 0 saturated carbocycles. The maximum atomic E-state index is 5.48. The van der Waals surface area contributed by atoms with Crippen LogP contribution >= 0.6 is 0 Å². The van der Waals surface area contributed by atoms with Crippen molar-refractivity contribution in [2.75, 3.05) is 26.3 Å². The number of rotatable bonds is 5. The van der Waals surface area contributed by atoms with Gasteiger partial charge in [0.05, 0.1) is 0 Å². The van der Waals surface area contributed by atoms with E-state index in [4.69, 9.17) is 10.5 Å². The Kier molecular flexibility index (Phi) is 5.35. The first-order valence-corrected chi connectivity index (χ1v) is 5.34. The molecule has 0 aromatic rings. The normalized spacial score (nSPS) is 21.7. The van der Waals surface area contributed by atoms with Gasteiger partial charge in [-0.2, -0.15) is 0 Å². The number of ether oxygens (including phenoxy) is 1. The fourth-order valence-electron chi connectivity index (χ4n) is 1.67. The molecule has 0 aromatic heterocycles. The topological polar surface area (TPSA) is 47.3 Å². The summed E-state index contributed by atoms with van der Waals surface area (Å²) < 4.78 is 5.31. The zero-order valence-corrected chi connectivity index (χ0v) is 8.59. The van der Waals surface area contributed by atoms with E-state index in [-0.39, 0.29) is 0 Å². The van der Waals surface area contributed by atoms with Gasteiger partial charge in [-0.15, -0.1) is 0 Å². The van der Waals surface area contributed by atoms with Crippen molar-refractivity contribution >= 4 is 0 Å². The Morgan fingerprint density at radius 2 is 2.15 bits per heavy atom. The zero-order valence-electron chi connectivity index (χ0n) is 8.59. The van der Waals surface area contributed by atoms with Gasteiger partial charge in [-0.25, -0.2) is 0 Å². The molecule has 0 aliphatic carbocycles. The largest absolute Gasteiger partial charge is 0.381 e. The molecule has 0 spiro atoms. The molecule has 0 bridgehead atoms. The molecule has 0 radical (unpaired) electrons. The summed E-state index contributed by atoms with van der Waals surface area (Å²) in [6.45, 7) is 5.99. The second-order valence-electron chi connectivity index (χ2n) is 3.94. The van der Waals surface area contributed by atoms with Crippen LogP contribution < -0.4 is 11.1 Å². The van der Waals surface area contributed by atoms with Crippen molar-refractivity contribution < 1.29 is 4.74 Å². The highest BCUT2D eigenvalue weighted by atomic mass is 16.5. The molecule has 1 heterocycles. The first-order chi connectivity index (χ1) is 6.33. The van der Waals surface area contributed by atoms with Crippen molar-refractivity contribution in [1.29, 1.82) is 0 Å². The highest BCUT2D eigenvalue weighted by molar-refractivity contribution is 4.69. The van der Waals surface area contributed by atoms with Crippen molar-refractivity contribution in [3.8, 4) is 0 Å². The zero-order chi connectivity index (χ0) is 9.52. The molecule has 1 aliphatic heterocycles. The van der Waals surface area contributed by atoms with E-state index < -0.39 is 0 Å². The summed E-state index contributed by atoms with van der Waals surface area (Å²) in [4.78, 5) is 0. The van der Waals surface area contributed by atoms with Crippen molar-refractivity contribution in [1.82, 2.24) is 5.32 Å². The Hall–Kier alpha value is -0.120. The Labute approximate surface area is 81.0 Å². The lowest BCUT2D eigenvalue weighted by molar-refractivity contribution is 0.0655. The van der Waals surface area contributed by atoms with Crippen molar-refractivity contribution in [3.63, 3.8) is 0 Å². The van der Waals surface area contributed by atoms with E-state index in [0.29, 0.717) is 6.04 Å². The molecule has 1 rings (SSSR count). The van der Waals surface area contributed by atoms with E-state index in [9.17, 15) is 0 Å². The minimum absolute atomic E-state index is 0.563.